The van der Waals surface area contributed by atoms with Crippen molar-refractivity contribution in [3.05, 3.63) is 71.0 Å². The minimum atomic E-state index is -0.264. The van der Waals surface area contributed by atoms with Crippen LogP contribution in [0.1, 0.15) is 16.7 Å². The summed E-state index contributed by atoms with van der Waals surface area (Å²) >= 11 is 0. The molecule has 0 aromatic heterocycles. The highest BCUT2D eigenvalue weighted by Gasteiger charge is 2.02. The van der Waals surface area contributed by atoms with Crippen LogP contribution >= 0.6 is 12.4 Å². The zero-order chi connectivity index (χ0) is 13.7. The largest absolute Gasteiger partial charge is 0.384 e. The Kier molecular flexibility index (Phi) is 6.15. The fourth-order valence-electron chi connectivity index (χ4n) is 1.72. The second kappa shape index (κ2) is 7.62. The fraction of sp³-hybridized carbons (Fsp3) is 0.133. The highest BCUT2D eigenvalue weighted by atomic mass is 35.5. The first-order valence-corrected chi connectivity index (χ1v) is 5.91. The summed E-state index contributed by atoms with van der Waals surface area (Å²) in [4.78, 5) is 0. The van der Waals surface area contributed by atoms with E-state index in [4.69, 9.17) is 15.9 Å². The number of benzene rings is 2. The lowest BCUT2D eigenvalue weighted by molar-refractivity contribution is 0.105. The van der Waals surface area contributed by atoms with Gasteiger partial charge in [0, 0.05) is 11.1 Å². The van der Waals surface area contributed by atoms with E-state index in [-0.39, 0.29) is 30.7 Å². The molecule has 0 aliphatic rings. The molecule has 0 fully saturated rings. The quantitative estimate of drug-likeness (QED) is 0.657. The van der Waals surface area contributed by atoms with Gasteiger partial charge in [-0.1, -0.05) is 36.4 Å². The van der Waals surface area contributed by atoms with E-state index < -0.39 is 0 Å². The summed E-state index contributed by atoms with van der Waals surface area (Å²) in [5.41, 5.74) is 7.51. The van der Waals surface area contributed by atoms with E-state index in [2.05, 4.69) is 0 Å². The number of hydrogen-bond donors (Lipinski definition) is 2. The van der Waals surface area contributed by atoms with Gasteiger partial charge < -0.3 is 10.5 Å². The number of rotatable bonds is 5. The lowest BCUT2D eigenvalue weighted by atomic mass is 10.1. The molecule has 5 heteroatoms. The molecule has 0 atom stereocenters. The minimum absolute atomic E-state index is 0. The predicted octanol–water partition coefficient (Wildman–Crippen LogP) is 3.25. The number of amidine groups is 1. The molecule has 0 spiro atoms. The zero-order valence-electron chi connectivity index (χ0n) is 10.8. The molecule has 0 unspecified atom stereocenters. The molecule has 0 radical (unpaired) electrons. The first-order chi connectivity index (χ1) is 9.16. The Morgan fingerprint density at radius 3 is 2.55 bits per heavy atom. The van der Waals surface area contributed by atoms with Crippen LogP contribution in [0.2, 0.25) is 0 Å². The van der Waals surface area contributed by atoms with Gasteiger partial charge in [-0.05, 0) is 17.7 Å². The van der Waals surface area contributed by atoms with Gasteiger partial charge in [0.05, 0.1) is 13.2 Å². The molecule has 3 N–H and O–H groups in total. The number of ether oxygens (including phenoxy) is 1. The Balaban J connectivity index is 0.00000200. The molecular weight excluding hydrogens is 279 g/mol. The van der Waals surface area contributed by atoms with Crippen molar-refractivity contribution in [1.29, 1.82) is 5.41 Å². The summed E-state index contributed by atoms with van der Waals surface area (Å²) in [5, 5.41) is 7.36. The van der Waals surface area contributed by atoms with E-state index in [9.17, 15) is 4.39 Å². The van der Waals surface area contributed by atoms with Crippen LogP contribution in [-0.4, -0.2) is 5.84 Å². The molecular formula is C15H16ClFN2O. The van der Waals surface area contributed by atoms with Crippen LogP contribution in [0.5, 0.6) is 0 Å². The van der Waals surface area contributed by atoms with Gasteiger partial charge in [-0.15, -0.1) is 12.4 Å². The third-order valence-corrected chi connectivity index (χ3v) is 2.72. The molecule has 2 aromatic rings. The van der Waals surface area contributed by atoms with E-state index in [1.807, 2.05) is 12.1 Å². The van der Waals surface area contributed by atoms with Crippen molar-refractivity contribution in [1.82, 2.24) is 0 Å². The number of nitrogens with two attached hydrogens (primary N) is 1. The highest BCUT2D eigenvalue weighted by molar-refractivity contribution is 5.95. The first-order valence-electron chi connectivity index (χ1n) is 5.91. The molecule has 0 amide bonds. The number of nitrogen functional groups attached to an aromatic ring is 1. The molecule has 0 saturated heterocycles. The Morgan fingerprint density at radius 2 is 1.85 bits per heavy atom. The highest BCUT2D eigenvalue weighted by Crippen LogP contribution is 2.11. The Labute approximate surface area is 123 Å². The molecule has 3 nitrogen and oxygen atoms in total. The van der Waals surface area contributed by atoms with Gasteiger partial charge in [-0.2, -0.15) is 0 Å². The van der Waals surface area contributed by atoms with Crippen LogP contribution in [0, 0.1) is 11.2 Å². The van der Waals surface area contributed by atoms with E-state index >= 15 is 0 Å². The van der Waals surface area contributed by atoms with E-state index in [0.29, 0.717) is 17.7 Å². The van der Waals surface area contributed by atoms with Gasteiger partial charge in [-0.25, -0.2) is 4.39 Å². The summed E-state index contributed by atoms with van der Waals surface area (Å²) in [7, 11) is 0. The molecule has 0 saturated carbocycles. The summed E-state index contributed by atoms with van der Waals surface area (Å²) in [6.07, 6.45) is 0. The van der Waals surface area contributed by atoms with Crippen molar-refractivity contribution < 1.29 is 9.13 Å². The molecule has 106 valence electrons. The maximum atomic E-state index is 13.4. The van der Waals surface area contributed by atoms with E-state index in [1.165, 1.54) is 6.07 Å². The zero-order valence-corrected chi connectivity index (χ0v) is 11.6. The van der Waals surface area contributed by atoms with Crippen LogP contribution in [0.3, 0.4) is 0 Å². The summed E-state index contributed by atoms with van der Waals surface area (Å²) in [6.45, 7) is 0.576. The van der Waals surface area contributed by atoms with Crippen LogP contribution in [-0.2, 0) is 18.0 Å². The van der Waals surface area contributed by atoms with Gasteiger partial charge in [0.1, 0.15) is 11.7 Å². The normalized spacial score (nSPS) is 9.85. The molecule has 2 rings (SSSR count). The van der Waals surface area contributed by atoms with Crippen LogP contribution < -0.4 is 5.73 Å². The van der Waals surface area contributed by atoms with Gasteiger partial charge in [0.15, 0.2) is 0 Å². The fourth-order valence-corrected chi connectivity index (χ4v) is 1.72. The average molecular weight is 295 g/mol. The van der Waals surface area contributed by atoms with Crippen LogP contribution in [0.4, 0.5) is 4.39 Å². The van der Waals surface area contributed by atoms with E-state index in [1.54, 1.807) is 30.3 Å². The summed E-state index contributed by atoms with van der Waals surface area (Å²) in [6, 6.07) is 13.8. The lowest BCUT2D eigenvalue weighted by Gasteiger charge is -2.07. The van der Waals surface area contributed by atoms with Gasteiger partial charge in [-0.3, -0.25) is 5.41 Å². The SMILES string of the molecule is Cl.N=C(N)c1cccc(COCc2ccccc2F)c1. The summed E-state index contributed by atoms with van der Waals surface area (Å²) < 4.78 is 18.8. The van der Waals surface area contributed by atoms with E-state index in [0.717, 1.165) is 5.56 Å². The number of halogens is 2. The van der Waals surface area contributed by atoms with Gasteiger partial charge in [0.25, 0.3) is 0 Å². The second-order valence-electron chi connectivity index (χ2n) is 4.20. The van der Waals surface area contributed by atoms with Crippen molar-refractivity contribution in [2.24, 2.45) is 5.73 Å². The molecule has 0 bridgehead atoms. The first kappa shape index (κ1) is 16.1. The third kappa shape index (κ3) is 4.33. The Morgan fingerprint density at radius 1 is 1.10 bits per heavy atom. The smallest absolute Gasteiger partial charge is 0.128 e. The molecule has 0 heterocycles. The second-order valence-corrected chi connectivity index (χ2v) is 4.20. The van der Waals surface area contributed by atoms with Crippen molar-refractivity contribution in [2.75, 3.05) is 0 Å². The monoisotopic (exact) mass is 294 g/mol. The van der Waals surface area contributed by atoms with Crippen molar-refractivity contribution in [3.8, 4) is 0 Å². The summed E-state index contributed by atoms with van der Waals surface area (Å²) in [5.74, 6) is -0.240. The van der Waals surface area contributed by atoms with Crippen LogP contribution in [0.25, 0.3) is 0 Å². The number of hydrogen-bond acceptors (Lipinski definition) is 2. The van der Waals surface area contributed by atoms with Gasteiger partial charge in [0.2, 0.25) is 0 Å². The van der Waals surface area contributed by atoms with Crippen molar-refractivity contribution >= 4 is 18.2 Å². The molecule has 2 aromatic carbocycles. The topological polar surface area (TPSA) is 59.1 Å². The Bertz CT molecular complexity index is 590. The maximum absolute atomic E-state index is 13.4. The maximum Gasteiger partial charge on any atom is 0.128 e. The molecule has 0 aliphatic heterocycles. The molecule has 20 heavy (non-hydrogen) atoms. The molecule has 0 aliphatic carbocycles. The minimum Gasteiger partial charge on any atom is -0.384 e. The predicted molar refractivity (Wildman–Crippen MR) is 79.6 cm³/mol. The third-order valence-electron chi connectivity index (χ3n) is 2.72. The standard InChI is InChI=1S/C15H15FN2O.ClH/c16-14-7-2-1-5-13(14)10-19-9-11-4-3-6-12(8-11)15(17)18;/h1-8H,9-10H2,(H3,17,18);1H. The average Bonchev–Trinajstić information content (AvgIpc) is 2.41. The van der Waals surface area contributed by atoms with Crippen molar-refractivity contribution in [3.63, 3.8) is 0 Å². The van der Waals surface area contributed by atoms with Gasteiger partial charge >= 0.3 is 0 Å². The van der Waals surface area contributed by atoms with Crippen LogP contribution in [0.15, 0.2) is 48.5 Å². The lowest BCUT2D eigenvalue weighted by Crippen LogP contribution is -2.11. The Hall–Kier alpha value is -1.91. The van der Waals surface area contributed by atoms with Crippen molar-refractivity contribution in [2.45, 2.75) is 13.2 Å². The number of nitrogens with one attached hydrogen (secondary N) is 1.